The highest BCUT2D eigenvalue weighted by Crippen LogP contribution is 2.13. The molecule has 8 heteroatoms. The molecule has 0 aliphatic heterocycles. The molecule has 0 aliphatic rings. The molecule has 1 rings (SSSR count). The number of carbonyl (C=O) groups excluding carboxylic acids is 2. The van der Waals surface area contributed by atoms with E-state index in [4.69, 9.17) is 5.11 Å². The van der Waals surface area contributed by atoms with Gasteiger partial charge < -0.3 is 20.5 Å². The van der Waals surface area contributed by atoms with Gasteiger partial charge in [-0.3, -0.25) is 9.78 Å². The standard InChI is InChI=1S/C14H19N3O5/c1-14(2,5-4-11(18)19)17-13(21)16-10-6-9(7-15-8-10)12(20)22-3/h6-8H,4-5H2,1-3H3,(H,18,19)(H2,16,17,21). The van der Waals surface area contributed by atoms with Gasteiger partial charge in [-0.2, -0.15) is 0 Å². The summed E-state index contributed by atoms with van der Waals surface area (Å²) in [7, 11) is 1.25. The summed E-state index contributed by atoms with van der Waals surface area (Å²) in [6.45, 7) is 3.44. The Balaban J connectivity index is 2.65. The monoisotopic (exact) mass is 309 g/mol. The number of urea groups is 1. The van der Waals surface area contributed by atoms with Crippen molar-refractivity contribution in [3.63, 3.8) is 0 Å². The maximum atomic E-state index is 11.9. The summed E-state index contributed by atoms with van der Waals surface area (Å²) < 4.78 is 4.57. The molecule has 0 bridgehead atoms. The summed E-state index contributed by atoms with van der Waals surface area (Å²) in [6.07, 6.45) is 2.95. The lowest BCUT2D eigenvalue weighted by Crippen LogP contribution is -2.45. The lowest BCUT2D eigenvalue weighted by Gasteiger charge is -2.25. The topological polar surface area (TPSA) is 118 Å². The zero-order valence-corrected chi connectivity index (χ0v) is 12.7. The van der Waals surface area contributed by atoms with Crippen LogP contribution in [-0.4, -0.2) is 40.7 Å². The highest BCUT2D eigenvalue weighted by atomic mass is 16.5. The molecule has 0 spiro atoms. The van der Waals surface area contributed by atoms with Crippen molar-refractivity contribution in [2.75, 3.05) is 12.4 Å². The summed E-state index contributed by atoms with van der Waals surface area (Å²) in [5.74, 6) is -1.48. The van der Waals surface area contributed by atoms with Crippen LogP contribution in [-0.2, 0) is 9.53 Å². The quantitative estimate of drug-likeness (QED) is 0.687. The largest absolute Gasteiger partial charge is 0.481 e. The van der Waals surface area contributed by atoms with Crippen LogP contribution in [0.25, 0.3) is 0 Å². The first-order valence-corrected chi connectivity index (χ1v) is 6.58. The van der Waals surface area contributed by atoms with Crippen molar-refractivity contribution in [2.45, 2.75) is 32.2 Å². The fourth-order valence-corrected chi connectivity index (χ4v) is 1.69. The van der Waals surface area contributed by atoms with Crippen molar-refractivity contribution in [1.82, 2.24) is 10.3 Å². The summed E-state index contributed by atoms with van der Waals surface area (Å²) in [5.41, 5.74) is -0.143. The SMILES string of the molecule is COC(=O)c1cncc(NC(=O)NC(C)(C)CCC(=O)O)c1. The zero-order valence-electron chi connectivity index (χ0n) is 12.7. The number of amides is 2. The number of aromatic nitrogens is 1. The molecule has 1 aromatic rings. The van der Waals surface area contributed by atoms with E-state index in [1.165, 1.54) is 25.6 Å². The Kier molecular flexibility index (Phi) is 5.85. The number of nitrogens with zero attached hydrogens (tertiary/aromatic N) is 1. The Bertz CT molecular complexity index is 571. The van der Waals surface area contributed by atoms with E-state index in [0.717, 1.165) is 0 Å². The van der Waals surface area contributed by atoms with Crippen LogP contribution in [0.5, 0.6) is 0 Å². The molecule has 22 heavy (non-hydrogen) atoms. The molecule has 0 radical (unpaired) electrons. The highest BCUT2D eigenvalue weighted by Gasteiger charge is 2.21. The van der Waals surface area contributed by atoms with Crippen molar-refractivity contribution in [2.24, 2.45) is 0 Å². The molecule has 0 unspecified atom stereocenters. The smallest absolute Gasteiger partial charge is 0.339 e. The van der Waals surface area contributed by atoms with E-state index >= 15 is 0 Å². The number of methoxy groups -OCH3 is 1. The van der Waals surface area contributed by atoms with Crippen molar-refractivity contribution in [1.29, 1.82) is 0 Å². The number of aliphatic carboxylic acids is 1. The molecule has 8 nitrogen and oxygen atoms in total. The minimum absolute atomic E-state index is 0.0489. The van der Waals surface area contributed by atoms with Crippen LogP contribution in [0, 0.1) is 0 Å². The van der Waals surface area contributed by atoms with Gasteiger partial charge in [0.1, 0.15) is 0 Å². The summed E-state index contributed by atoms with van der Waals surface area (Å²) in [6, 6.07) is 0.919. The molecule has 120 valence electrons. The number of carboxylic acids is 1. The second-order valence-electron chi connectivity index (χ2n) is 5.31. The fraction of sp³-hybridized carbons (Fsp3) is 0.429. The Labute approximate surface area is 127 Å². The summed E-state index contributed by atoms with van der Waals surface area (Å²) in [5, 5.41) is 13.9. The van der Waals surface area contributed by atoms with Gasteiger partial charge in [0.15, 0.2) is 0 Å². The molecule has 1 heterocycles. The lowest BCUT2D eigenvalue weighted by atomic mass is 9.99. The minimum atomic E-state index is -0.926. The van der Waals surface area contributed by atoms with Crippen molar-refractivity contribution >= 4 is 23.7 Å². The Morgan fingerprint density at radius 2 is 2.00 bits per heavy atom. The van der Waals surface area contributed by atoms with Crippen LogP contribution in [0.2, 0.25) is 0 Å². The number of hydrogen-bond donors (Lipinski definition) is 3. The average molecular weight is 309 g/mol. The van der Waals surface area contributed by atoms with Gasteiger partial charge in [0, 0.05) is 18.2 Å². The van der Waals surface area contributed by atoms with Crippen molar-refractivity contribution < 1.29 is 24.2 Å². The maximum absolute atomic E-state index is 11.9. The number of anilines is 1. The van der Waals surface area contributed by atoms with Gasteiger partial charge >= 0.3 is 18.0 Å². The Morgan fingerprint density at radius 1 is 1.32 bits per heavy atom. The van der Waals surface area contributed by atoms with Gasteiger partial charge in [-0.1, -0.05) is 0 Å². The molecule has 1 aromatic heterocycles. The van der Waals surface area contributed by atoms with Gasteiger partial charge in [-0.05, 0) is 26.3 Å². The van der Waals surface area contributed by atoms with Gasteiger partial charge in [-0.25, -0.2) is 9.59 Å². The van der Waals surface area contributed by atoms with Crippen molar-refractivity contribution in [3.05, 3.63) is 24.0 Å². The summed E-state index contributed by atoms with van der Waals surface area (Å²) in [4.78, 5) is 37.7. The van der Waals surface area contributed by atoms with Gasteiger partial charge in [0.25, 0.3) is 0 Å². The predicted octanol–water partition coefficient (Wildman–Crippen LogP) is 1.63. The highest BCUT2D eigenvalue weighted by molar-refractivity contribution is 5.93. The number of hydrogen-bond acceptors (Lipinski definition) is 5. The van der Waals surface area contributed by atoms with E-state index in [1.54, 1.807) is 13.8 Å². The molecule has 0 aromatic carbocycles. The molecule has 0 aliphatic carbocycles. The molecule has 0 saturated heterocycles. The van der Waals surface area contributed by atoms with Crippen LogP contribution in [0.15, 0.2) is 18.5 Å². The molecular weight excluding hydrogens is 290 g/mol. The first-order chi connectivity index (χ1) is 10.2. The van der Waals surface area contributed by atoms with Crippen LogP contribution in [0.1, 0.15) is 37.0 Å². The molecule has 0 saturated carbocycles. The van der Waals surface area contributed by atoms with E-state index in [0.29, 0.717) is 5.69 Å². The molecule has 3 N–H and O–H groups in total. The number of pyridine rings is 1. The molecule has 2 amide bonds. The zero-order chi connectivity index (χ0) is 16.8. The molecule has 0 fully saturated rings. The van der Waals surface area contributed by atoms with Crippen LogP contribution < -0.4 is 10.6 Å². The van der Waals surface area contributed by atoms with E-state index in [1.807, 2.05) is 0 Å². The van der Waals surface area contributed by atoms with Crippen molar-refractivity contribution in [3.8, 4) is 0 Å². The van der Waals surface area contributed by atoms with Gasteiger partial charge in [0.05, 0.1) is 24.6 Å². The van der Waals surface area contributed by atoms with E-state index in [9.17, 15) is 14.4 Å². The number of carboxylic acid groups (broad SMARTS) is 1. The number of ether oxygens (including phenoxy) is 1. The number of carbonyl (C=O) groups is 3. The van der Waals surface area contributed by atoms with Crippen LogP contribution >= 0.6 is 0 Å². The second-order valence-corrected chi connectivity index (χ2v) is 5.31. The van der Waals surface area contributed by atoms with E-state index < -0.39 is 23.5 Å². The van der Waals surface area contributed by atoms with Crippen LogP contribution in [0.3, 0.4) is 0 Å². The first-order valence-electron chi connectivity index (χ1n) is 6.58. The normalized spacial score (nSPS) is 10.7. The molecular formula is C14H19N3O5. The first kappa shape index (κ1) is 17.4. The minimum Gasteiger partial charge on any atom is -0.481 e. The van der Waals surface area contributed by atoms with Gasteiger partial charge in [0.2, 0.25) is 0 Å². The maximum Gasteiger partial charge on any atom is 0.339 e. The van der Waals surface area contributed by atoms with E-state index in [-0.39, 0.29) is 18.4 Å². The number of rotatable bonds is 6. The Morgan fingerprint density at radius 3 is 2.59 bits per heavy atom. The number of esters is 1. The van der Waals surface area contributed by atoms with Crippen LogP contribution in [0.4, 0.5) is 10.5 Å². The summed E-state index contributed by atoms with van der Waals surface area (Å²) >= 11 is 0. The third-order valence-corrected chi connectivity index (χ3v) is 2.83. The molecule has 0 atom stereocenters. The fourth-order valence-electron chi connectivity index (χ4n) is 1.69. The third kappa shape index (κ3) is 5.78. The third-order valence-electron chi connectivity index (χ3n) is 2.83. The average Bonchev–Trinajstić information content (AvgIpc) is 2.44. The van der Waals surface area contributed by atoms with E-state index in [2.05, 4.69) is 20.4 Å². The second kappa shape index (κ2) is 7.39. The Hall–Kier alpha value is -2.64. The number of nitrogens with one attached hydrogen (secondary N) is 2. The van der Waals surface area contributed by atoms with Gasteiger partial charge in [-0.15, -0.1) is 0 Å². The lowest BCUT2D eigenvalue weighted by molar-refractivity contribution is -0.137. The predicted molar refractivity (Wildman–Crippen MR) is 78.7 cm³/mol.